The zero-order valence-electron chi connectivity index (χ0n) is 16.3. The summed E-state index contributed by atoms with van der Waals surface area (Å²) in [5.74, 6) is 0.482. The third kappa shape index (κ3) is 3.42. The van der Waals surface area contributed by atoms with Crippen LogP contribution in [0, 0.1) is 0 Å². The van der Waals surface area contributed by atoms with Crippen molar-refractivity contribution >= 4 is 16.8 Å². The first kappa shape index (κ1) is 20.0. The smallest absolute Gasteiger partial charge is 0.416 e. The average Bonchev–Trinajstić information content (AvgIpc) is 3.37. The predicted octanol–water partition coefficient (Wildman–Crippen LogP) is 4.69. The Morgan fingerprint density at radius 3 is 2.60 bits per heavy atom. The van der Waals surface area contributed by atoms with Gasteiger partial charge in [-0.25, -0.2) is 0 Å². The van der Waals surface area contributed by atoms with E-state index in [1.807, 2.05) is 22.9 Å². The molecule has 30 heavy (non-hydrogen) atoms. The summed E-state index contributed by atoms with van der Waals surface area (Å²) in [5, 5.41) is 5.53. The monoisotopic (exact) mass is 415 g/mol. The zero-order chi connectivity index (χ0) is 21.5. The van der Waals surface area contributed by atoms with Crippen molar-refractivity contribution in [1.82, 2.24) is 14.7 Å². The number of methoxy groups -OCH3 is 1. The van der Waals surface area contributed by atoms with E-state index in [0.717, 1.165) is 23.0 Å². The highest BCUT2D eigenvalue weighted by atomic mass is 19.4. The third-order valence-corrected chi connectivity index (χ3v) is 5.39. The number of carbonyl (C=O) groups excluding carboxylic acids is 1. The van der Waals surface area contributed by atoms with Gasteiger partial charge in [0, 0.05) is 24.0 Å². The summed E-state index contributed by atoms with van der Waals surface area (Å²) < 4.78 is 46.2. The lowest BCUT2D eigenvalue weighted by molar-refractivity contribution is -0.137. The Labute approximate surface area is 171 Å². The number of rotatable bonds is 4. The van der Waals surface area contributed by atoms with Gasteiger partial charge < -0.3 is 9.64 Å². The molecule has 1 amide bonds. The minimum absolute atomic E-state index is 0.0732. The molecule has 3 aromatic rings. The Morgan fingerprint density at radius 2 is 1.97 bits per heavy atom. The van der Waals surface area contributed by atoms with Crippen LogP contribution in [0.25, 0.3) is 22.2 Å². The summed E-state index contributed by atoms with van der Waals surface area (Å²) >= 11 is 0. The van der Waals surface area contributed by atoms with E-state index < -0.39 is 11.7 Å². The van der Waals surface area contributed by atoms with Crippen molar-refractivity contribution in [3.05, 3.63) is 60.7 Å². The molecule has 8 heteroatoms. The molecule has 1 fully saturated rings. The fourth-order valence-corrected chi connectivity index (χ4v) is 3.89. The highest BCUT2D eigenvalue weighted by Crippen LogP contribution is 2.38. The second-order valence-corrected chi connectivity index (χ2v) is 7.16. The molecule has 0 N–H and O–H groups in total. The first-order chi connectivity index (χ1) is 14.3. The molecule has 1 aromatic heterocycles. The summed E-state index contributed by atoms with van der Waals surface area (Å²) in [7, 11) is 1.56. The maximum Gasteiger partial charge on any atom is 0.416 e. The molecule has 5 nitrogen and oxygen atoms in total. The minimum atomic E-state index is -4.39. The molecule has 0 radical (unpaired) electrons. The number of benzene rings is 2. The molecule has 0 spiro atoms. The number of hydrogen-bond donors (Lipinski definition) is 0. The summed E-state index contributed by atoms with van der Waals surface area (Å²) in [5.41, 5.74) is 1.21. The topological polar surface area (TPSA) is 47.4 Å². The number of hydrogen-bond acceptors (Lipinski definition) is 3. The van der Waals surface area contributed by atoms with Gasteiger partial charge in [0.2, 0.25) is 5.91 Å². The molecule has 2 heterocycles. The molecule has 1 aliphatic rings. The number of para-hydroxylation sites is 1. The normalized spacial score (nSPS) is 16.8. The van der Waals surface area contributed by atoms with Gasteiger partial charge in [-0.05, 0) is 30.7 Å². The number of aromatic nitrogens is 2. The van der Waals surface area contributed by atoms with Crippen LogP contribution in [0.15, 0.2) is 55.1 Å². The summed E-state index contributed by atoms with van der Waals surface area (Å²) in [6.45, 7) is 4.60. The van der Waals surface area contributed by atoms with Crippen LogP contribution in [0.1, 0.15) is 18.0 Å². The van der Waals surface area contributed by atoms with Crippen molar-refractivity contribution in [2.24, 2.45) is 0 Å². The summed E-state index contributed by atoms with van der Waals surface area (Å²) in [6.07, 6.45) is -2.40. The SMILES string of the molecule is C=CC(=O)N1CCC(n2nc(-c3ccc(C(F)(F)F)cc3)c3cccc(OC)c32)C1. The summed E-state index contributed by atoms with van der Waals surface area (Å²) in [4.78, 5) is 13.7. The van der Waals surface area contributed by atoms with E-state index in [4.69, 9.17) is 9.84 Å². The fourth-order valence-electron chi connectivity index (χ4n) is 3.89. The highest BCUT2D eigenvalue weighted by molar-refractivity contribution is 5.97. The molecule has 1 unspecified atom stereocenters. The maximum absolute atomic E-state index is 12.9. The largest absolute Gasteiger partial charge is 0.494 e. The van der Waals surface area contributed by atoms with Crippen LogP contribution < -0.4 is 4.74 Å². The zero-order valence-corrected chi connectivity index (χ0v) is 16.3. The van der Waals surface area contributed by atoms with Gasteiger partial charge in [-0.3, -0.25) is 9.48 Å². The van der Waals surface area contributed by atoms with Crippen molar-refractivity contribution in [1.29, 1.82) is 0 Å². The van der Waals surface area contributed by atoms with Gasteiger partial charge in [0.25, 0.3) is 0 Å². The van der Waals surface area contributed by atoms with Gasteiger partial charge in [-0.15, -0.1) is 0 Å². The lowest BCUT2D eigenvalue weighted by Crippen LogP contribution is -2.27. The second kappa shape index (κ2) is 7.51. The Kier molecular flexibility index (Phi) is 5.01. The maximum atomic E-state index is 12.9. The van der Waals surface area contributed by atoms with Crippen LogP contribution in [0.2, 0.25) is 0 Å². The van der Waals surface area contributed by atoms with Crippen LogP contribution >= 0.6 is 0 Å². The van der Waals surface area contributed by atoms with Crippen molar-refractivity contribution < 1.29 is 22.7 Å². The Morgan fingerprint density at radius 1 is 1.23 bits per heavy atom. The molecule has 0 aliphatic carbocycles. The average molecular weight is 415 g/mol. The van der Waals surface area contributed by atoms with E-state index in [-0.39, 0.29) is 11.9 Å². The number of likely N-dealkylation sites (tertiary alicyclic amines) is 1. The van der Waals surface area contributed by atoms with E-state index >= 15 is 0 Å². The molecule has 0 saturated carbocycles. The fraction of sp³-hybridized carbons (Fsp3) is 0.273. The number of carbonyl (C=O) groups is 1. The van der Waals surface area contributed by atoms with Crippen LogP contribution in [0.4, 0.5) is 13.2 Å². The van der Waals surface area contributed by atoms with Crippen LogP contribution in [0.3, 0.4) is 0 Å². The van der Waals surface area contributed by atoms with Gasteiger partial charge in [0.15, 0.2) is 0 Å². The predicted molar refractivity (Wildman–Crippen MR) is 107 cm³/mol. The molecule has 0 bridgehead atoms. The van der Waals surface area contributed by atoms with E-state index in [1.54, 1.807) is 12.0 Å². The number of nitrogens with zero attached hydrogens (tertiary/aromatic N) is 3. The third-order valence-electron chi connectivity index (χ3n) is 5.39. The van der Waals surface area contributed by atoms with Gasteiger partial charge in [0.05, 0.1) is 18.7 Å². The Bertz CT molecular complexity index is 1100. The van der Waals surface area contributed by atoms with Gasteiger partial charge in [-0.1, -0.05) is 30.8 Å². The van der Waals surface area contributed by atoms with Crippen LogP contribution in [-0.2, 0) is 11.0 Å². The Balaban J connectivity index is 1.81. The van der Waals surface area contributed by atoms with Gasteiger partial charge >= 0.3 is 6.18 Å². The van der Waals surface area contributed by atoms with E-state index in [1.165, 1.54) is 18.2 Å². The first-order valence-corrected chi connectivity index (χ1v) is 9.47. The first-order valence-electron chi connectivity index (χ1n) is 9.47. The van der Waals surface area contributed by atoms with Crippen molar-refractivity contribution in [2.75, 3.05) is 20.2 Å². The lowest BCUT2D eigenvalue weighted by atomic mass is 10.1. The van der Waals surface area contributed by atoms with Crippen molar-refractivity contribution in [3.63, 3.8) is 0 Å². The van der Waals surface area contributed by atoms with Crippen molar-refractivity contribution in [2.45, 2.75) is 18.6 Å². The van der Waals surface area contributed by atoms with Crippen molar-refractivity contribution in [3.8, 4) is 17.0 Å². The van der Waals surface area contributed by atoms with E-state index in [9.17, 15) is 18.0 Å². The quantitative estimate of drug-likeness (QED) is 0.581. The number of ether oxygens (including phenoxy) is 1. The van der Waals surface area contributed by atoms with Crippen LogP contribution in [-0.4, -0.2) is 40.8 Å². The number of fused-ring (bicyclic) bond motifs is 1. The minimum Gasteiger partial charge on any atom is -0.494 e. The molecule has 4 rings (SSSR count). The van der Waals surface area contributed by atoms with E-state index in [2.05, 4.69) is 6.58 Å². The number of alkyl halides is 3. The standard InChI is InChI=1S/C22H20F3N3O2/c1-3-19(29)27-12-11-16(13-27)28-21-17(5-4-6-18(21)30-2)20(26-28)14-7-9-15(10-8-14)22(23,24)25/h3-10,16H,1,11-13H2,2H3. The summed E-state index contributed by atoms with van der Waals surface area (Å²) in [6, 6.07) is 10.4. The Hall–Kier alpha value is -3.29. The molecule has 1 atom stereocenters. The van der Waals surface area contributed by atoms with E-state index in [0.29, 0.717) is 36.5 Å². The molecular weight excluding hydrogens is 395 g/mol. The molecular formula is C22H20F3N3O2. The van der Waals surface area contributed by atoms with Gasteiger partial charge in [0.1, 0.15) is 17.0 Å². The molecule has 2 aromatic carbocycles. The number of halogens is 3. The molecule has 1 aliphatic heterocycles. The highest BCUT2D eigenvalue weighted by Gasteiger charge is 2.31. The molecule has 156 valence electrons. The second-order valence-electron chi connectivity index (χ2n) is 7.16. The van der Waals surface area contributed by atoms with Crippen LogP contribution in [0.5, 0.6) is 5.75 Å². The molecule has 1 saturated heterocycles. The van der Waals surface area contributed by atoms with Gasteiger partial charge in [-0.2, -0.15) is 18.3 Å². The number of amides is 1. The lowest BCUT2D eigenvalue weighted by Gasteiger charge is -2.16.